The summed E-state index contributed by atoms with van der Waals surface area (Å²) >= 11 is 0. The first-order valence-corrected chi connectivity index (χ1v) is 12.7. The summed E-state index contributed by atoms with van der Waals surface area (Å²) in [6.07, 6.45) is 1.50. The van der Waals surface area contributed by atoms with E-state index in [1.54, 1.807) is 4.90 Å². The van der Waals surface area contributed by atoms with Crippen molar-refractivity contribution in [3.8, 4) is 0 Å². The van der Waals surface area contributed by atoms with Gasteiger partial charge in [-0.2, -0.15) is 0 Å². The lowest BCUT2D eigenvalue weighted by Crippen LogP contribution is -2.54. The summed E-state index contributed by atoms with van der Waals surface area (Å²) in [6, 6.07) is 17.7. The van der Waals surface area contributed by atoms with Crippen LogP contribution in [0.2, 0.25) is 0 Å². The average Bonchev–Trinajstić information content (AvgIpc) is 2.91. The predicted molar refractivity (Wildman–Crippen MR) is 137 cm³/mol. The second-order valence-electron chi connectivity index (χ2n) is 9.51. The van der Waals surface area contributed by atoms with Gasteiger partial charge in [0, 0.05) is 63.7 Å². The minimum atomic E-state index is -0.545. The molecule has 186 valence electrons. The highest BCUT2D eigenvalue weighted by molar-refractivity contribution is 5.89. The Kier molecular flexibility index (Phi) is 8.06. The van der Waals surface area contributed by atoms with Crippen LogP contribution < -0.4 is 10.2 Å². The Bertz CT molecular complexity index is 1030. The quantitative estimate of drug-likeness (QED) is 0.667. The fourth-order valence-corrected chi connectivity index (χ4v) is 4.87. The molecular weight excluding hydrogens is 440 g/mol. The largest absolute Gasteiger partial charge is 0.368 e. The first kappa shape index (κ1) is 24.8. The molecule has 2 aromatic carbocycles. The second kappa shape index (κ2) is 11.4. The van der Waals surface area contributed by atoms with E-state index >= 15 is 0 Å². The van der Waals surface area contributed by atoms with Crippen molar-refractivity contribution in [3.05, 3.63) is 65.7 Å². The molecule has 35 heavy (non-hydrogen) atoms. The molecule has 2 unspecified atom stereocenters. The number of para-hydroxylation sites is 1. The number of benzene rings is 2. The lowest BCUT2D eigenvalue weighted by Gasteiger charge is -2.37. The van der Waals surface area contributed by atoms with Crippen molar-refractivity contribution < 1.29 is 14.4 Å². The number of fused-ring (bicyclic) bond motifs is 1. The summed E-state index contributed by atoms with van der Waals surface area (Å²) in [5, 5.41) is 2.94. The maximum Gasteiger partial charge on any atom is 0.243 e. The number of carbonyl (C=O) groups is 3. The molecule has 0 aliphatic carbocycles. The van der Waals surface area contributed by atoms with Crippen LogP contribution in [-0.2, 0) is 27.3 Å². The molecule has 4 rings (SSSR count). The van der Waals surface area contributed by atoms with Gasteiger partial charge in [-0.05, 0) is 29.7 Å². The molecule has 3 amide bonds. The molecule has 7 heteroatoms. The molecule has 2 heterocycles. The van der Waals surface area contributed by atoms with E-state index < -0.39 is 6.04 Å². The van der Waals surface area contributed by atoms with Crippen LogP contribution in [0.4, 0.5) is 5.69 Å². The van der Waals surface area contributed by atoms with Crippen molar-refractivity contribution in [3.63, 3.8) is 0 Å². The number of hydrogen-bond donors (Lipinski definition) is 1. The molecule has 1 fully saturated rings. The normalized spacial score (nSPS) is 18.6. The summed E-state index contributed by atoms with van der Waals surface area (Å²) in [5.41, 5.74) is 3.38. The third-order valence-electron chi connectivity index (χ3n) is 7.26. The van der Waals surface area contributed by atoms with Gasteiger partial charge in [-0.3, -0.25) is 14.4 Å². The maximum absolute atomic E-state index is 13.2. The first-order chi connectivity index (χ1) is 17.0. The molecule has 0 bridgehead atoms. The van der Waals surface area contributed by atoms with Crippen LogP contribution >= 0.6 is 0 Å². The molecule has 2 aliphatic heterocycles. The SMILES string of the molecule is CCC(C)C(=O)N1Cc2ccccc2CC1C(=O)NCCC(=O)N1CCN(c2ccccc2)CC1. The molecule has 1 N–H and O–H groups in total. The van der Waals surface area contributed by atoms with Crippen LogP contribution in [0.25, 0.3) is 0 Å². The molecule has 7 nitrogen and oxygen atoms in total. The average molecular weight is 477 g/mol. The molecule has 2 aliphatic rings. The highest BCUT2D eigenvalue weighted by Gasteiger charge is 2.35. The minimum Gasteiger partial charge on any atom is -0.368 e. The highest BCUT2D eigenvalue weighted by Crippen LogP contribution is 2.25. The van der Waals surface area contributed by atoms with Gasteiger partial charge in [0.25, 0.3) is 0 Å². The van der Waals surface area contributed by atoms with E-state index in [-0.39, 0.29) is 36.6 Å². The molecule has 2 atom stereocenters. The second-order valence-corrected chi connectivity index (χ2v) is 9.51. The number of anilines is 1. The summed E-state index contributed by atoms with van der Waals surface area (Å²) in [4.78, 5) is 44.8. The zero-order valence-electron chi connectivity index (χ0n) is 20.8. The van der Waals surface area contributed by atoms with Gasteiger partial charge in [0.15, 0.2) is 0 Å². The van der Waals surface area contributed by atoms with E-state index in [0.717, 1.165) is 30.6 Å². The van der Waals surface area contributed by atoms with E-state index in [4.69, 9.17) is 0 Å². The Morgan fingerprint density at radius 2 is 1.60 bits per heavy atom. The van der Waals surface area contributed by atoms with Crippen molar-refractivity contribution in [2.24, 2.45) is 5.92 Å². The standard InChI is InChI=1S/C28H36N4O3/c1-3-21(2)28(35)32-20-23-10-8-7-9-22(23)19-25(32)27(34)29-14-13-26(33)31-17-15-30(16-18-31)24-11-5-4-6-12-24/h4-12,21,25H,3,13-20H2,1-2H3,(H,29,34). The van der Waals surface area contributed by atoms with Crippen LogP contribution in [0.3, 0.4) is 0 Å². The lowest BCUT2D eigenvalue weighted by atomic mass is 9.92. The number of piperazine rings is 1. The van der Waals surface area contributed by atoms with Gasteiger partial charge in [0.05, 0.1) is 0 Å². The van der Waals surface area contributed by atoms with E-state index in [9.17, 15) is 14.4 Å². The first-order valence-electron chi connectivity index (χ1n) is 12.7. The van der Waals surface area contributed by atoms with Crippen molar-refractivity contribution in [1.82, 2.24) is 15.1 Å². The Balaban J connectivity index is 1.30. The minimum absolute atomic E-state index is 0.00881. The Hall–Kier alpha value is -3.35. The molecule has 1 saturated heterocycles. The van der Waals surface area contributed by atoms with E-state index in [1.807, 2.05) is 61.2 Å². The zero-order valence-corrected chi connectivity index (χ0v) is 20.8. The molecule has 0 aromatic heterocycles. The third kappa shape index (κ3) is 5.84. The van der Waals surface area contributed by atoms with Crippen LogP contribution in [0.15, 0.2) is 54.6 Å². The predicted octanol–water partition coefficient (Wildman–Crippen LogP) is 2.84. The fourth-order valence-electron chi connectivity index (χ4n) is 4.87. The van der Waals surface area contributed by atoms with E-state index in [0.29, 0.717) is 26.1 Å². The van der Waals surface area contributed by atoms with Gasteiger partial charge < -0.3 is 20.0 Å². The van der Waals surface area contributed by atoms with Gasteiger partial charge in [-0.25, -0.2) is 0 Å². The van der Waals surface area contributed by atoms with Crippen molar-refractivity contribution in [2.75, 3.05) is 37.6 Å². The number of hydrogen-bond acceptors (Lipinski definition) is 4. The number of amides is 3. The van der Waals surface area contributed by atoms with Crippen LogP contribution in [0.1, 0.15) is 37.8 Å². The number of nitrogens with zero attached hydrogens (tertiary/aromatic N) is 3. The highest BCUT2D eigenvalue weighted by atomic mass is 16.2. The summed E-state index contributed by atoms with van der Waals surface area (Å²) < 4.78 is 0. The smallest absolute Gasteiger partial charge is 0.243 e. The monoisotopic (exact) mass is 476 g/mol. The Morgan fingerprint density at radius 1 is 0.943 bits per heavy atom. The number of carbonyl (C=O) groups excluding carboxylic acids is 3. The van der Waals surface area contributed by atoms with Crippen LogP contribution in [0.5, 0.6) is 0 Å². The topological polar surface area (TPSA) is 73.0 Å². The maximum atomic E-state index is 13.2. The fraction of sp³-hybridized carbons (Fsp3) is 0.464. The lowest BCUT2D eigenvalue weighted by molar-refractivity contribution is -0.144. The third-order valence-corrected chi connectivity index (χ3v) is 7.26. The van der Waals surface area contributed by atoms with E-state index in [1.165, 1.54) is 5.69 Å². The number of rotatable bonds is 7. The molecule has 0 radical (unpaired) electrons. The van der Waals surface area contributed by atoms with Crippen LogP contribution in [-0.4, -0.2) is 66.3 Å². The molecule has 2 aromatic rings. The summed E-state index contributed by atoms with van der Waals surface area (Å²) in [5.74, 6) is -0.251. The summed E-state index contributed by atoms with van der Waals surface area (Å²) in [7, 11) is 0. The van der Waals surface area contributed by atoms with Gasteiger partial charge in [0.1, 0.15) is 6.04 Å². The van der Waals surface area contributed by atoms with Crippen molar-refractivity contribution in [1.29, 1.82) is 0 Å². The van der Waals surface area contributed by atoms with E-state index in [2.05, 4.69) is 22.3 Å². The molecular formula is C28H36N4O3. The zero-order chi connectivity index (χ0) is 24.8. The van der Waals surface area contributed by atoms with Crippen molar-refractivity contribution >= 4 is 23.4 Å². The Morgan fingerprint density at radius 3 is 2.29 bits per heavy atom. The van der Waals surface area contributed by atoms with Crippen molar-refractivity contribution in [2.45, 2.75) is 45.7 Å². The van der Waals surface area contributed by atoms with Gasteiger partial charge in [-0.1, -0.05) is 56.3 Å². The van der Waals surface area contributed by atoms with Gasteiger partial charge >= 0.3 is 0 Å². The molecule has 0 saturated carbocycles. The molecule has 0 spiro atoms. The van der Waals surface area contributed by atoms with Gasteiger partial charge in [-0.15, -0.1) is 0 Å². The number of nitrogens with one attached hydrogen (secondary N) is 1. The van der Waals surface area contributed by atoms with Crippen LogP contribution in [0, 0.1) is 5.92 Å². The Labute approximate surface area is 208 Å². The van der Waals surface area contributed by atoms with Gasteiger partial charge in [0.2, 0.25) is 17.7 Å². The summed E-state index contributed by atoms with van der Waals surface area (Å²) in [6.45, 7) is 7.58.